The summed E-state index contributed by atoms with van der Waals surface area (Å²) in [5, 5.41) is 26.5. The molecule has 0 spiro atoms. The summed E-state index contributed by atoms with van der Waals surface area (Å²) in [7, 11) is 0. The van der Waals surface area contributed by atoms with Gasteiger partial charge in [0.15, 0.2) is 0 Å². The summed E-state index contributed by atoms with van der Waals surface area (Å²) < 4.78 is 21.1. The van der Waals surface area contributed by atoms with Crippen molar-refractivity contribution in [3.05, 3.63) is 134 Å². The summed E-state index contributed by atoms with van der Waals surface area (Å²) in [6, 6.07) is 25.8. The van der Waals surface area contributed by atoms with E-state index in [2.05, 4.69) is 32.7 Å². The van der Waals surface area contributed by atoms with Crippen molar-refractivity contribution in [1.29, 1.82) is 0 Å². The second kappa shape index (κ2) is 31.7. The van der Waals surface area contributed by atoms with Crippen molar-refractivity contribution in [2.45, 2.75) is 168 Å². The van der Waals surface area contributed by atoms with E-state index in [0.29, 0.717) is 17.7 Å². The Bertz CT molecular complexity index is 2980. The number of para-hydroxylation sites is 1. The number of nitro groups is 1. The van der Waals surface area contributed by atoms with Gasteiger partial charge < -0.3 is 29.4 Å². The molecule has 0 aliphatic rings. The average Bonchev–Trinajstić information content (AvgIpc) is 4.24. The second-order valence-electron chi connectivity index (χ2n) is 19.6. The topological polar surface area (TPSA) is 236 Å². The van der Waals surface area contributed by atoms with E-state index in [1.54, 1.807) is 75.4 Å². The van der Waals surface area contributed by atoms with Crippen LogP contribution in [0.15, 0.2) is 107 Å². The minimum Gasteiger partial charge on any atom is -0.489 e. The van der Waals surface area contributed by atoms with E-state index in [4.69, 9.17) is 14.2 Å². The van der Waals surface area contributed by atoms with Crippen molar-refractivity contribution in [3.8, 4) is 28.4 Å². The number of Topliss-reactive ketones (excluding diaryl/α,β-unsaturated/α-hetero) is 1. The zero-order valence-corrected chi connectivity index (χ0v) is 47.0. The maximum atomic E-state index is 15.2. The van der Waals surface area contributed by atoms with Crippen LogP contribution < -0.4 is 20.5 Å². The number of ether oxygens (including phenoxy) is 3. The fourth-order valence-electron chi connectivity index (χ4n) is 8.95. The Hall–Kier alpha value is -7.61. The van der Waals surface area contributed by atoms with Gasteiger partial charge in [0.2, 0.25) is 17.0 Å². The minimum atomic E-state index is -2.07. The SMILES string of the molecule is CCCCCCCCCCCCCCCCOC(=O)c1ccc(NC(=O)C(Oc2ccc([N+](=O)[O-])cc2CN(CC)C(=O)Sc2nnnn2-c2ccccc2)C(=O)c2[nH]c(=O)n(CCCC)c2-c2ccccc2)c(OC(C)C)c1. The monoisotopic (exact) mass is 1100 g/mol. The summed E-state index contributed by atoms with van der Waals surface area (Å²) in [6.45, 7) is 9.80. The van der Waals surface area contributed by atoms with Gasteiger partial charge in [0, 0.05) is 48.1 Å². The van der Waals surface area contributed by atoms with Crippen LogP contribution in [0.4, 0.5) is 16.2 Å². The predicted molar refractivity (Wildman–Crippen MR) is 305 cm³/mol. The first-order chi connectivity index (χ1) is 38.3. The number of nitrogens with one attached hydrogen (secondary N) is 2. The fraction of sp³-hybridized carbons (Fsp3) is 0.458. The number of unbranched alkanes of at least 4 members (excludes halogenated alkanes) is 14. The number of ketones is 1. The number of imidazole rings is 1. The van der Waals surface area contributed by atoms with Gasteiger partial charge in [-0.15, -0.1) is 5.10 Å². The van der Waals surface area contributed by atoms with Crippen LogP contribution in [0.25, 0.3) is 16.9 Å². The molecule has 1 atom stereocenters. The molecule has 2 heterocycles. The van der Waals surface area contributed by atoms with Crippen LogP contribution in [-0.2, 0) is 22.6 Å². The Morgan fingerprint density at radius 1 is 0.759 bits per heavy atom. The average molecular weight is 1100 g/mol. The highest BCUT2D eigenvalue weighted by atomic mass is 32.2. The van der Waals surface area contributed by atoms with E-state index in [1.165, 1.54) is 109 Å². The first-order valence-electron chi connectivity index (χ1n) is 27.8. The number of anilines is 1. The number of rotatable bonds is 34. The zero-order chi connectivity index (χ0) is 56.5. The lowest BCUT2D eigenvalue weighted by molar-refractivity contribution is -0.385. The molecule has 2 aromatic heterocycles. The number of carbonyl (C=O) groups is 4. The number of esters is 1. The third-order valence-electron chi connectivity index (χ3n) is 13.2. The molecule has 2 amide bonds. The third kappa shape index (κ3) is 18.0. The summed E-state index contributed by atoms with van der Waals surface area (Å²) >= 11 is 0.734. The number of H-pyrrole nitrogens is 1. The molecule has 19 nitrogen and oxygen atoms in total. The second-order valence-corrected chi connectivity index (χ2v) is 20.5. The smallest absolute Gasteiger partial charge is 0.338 e. The molecule has 1 unspecified atom stereocenters. The number of nitro benzene ring substituents is 1. The number of nitrogens with zero attached hydrogens (tertiary/aromatic N) is 7. The zero-order valence-electron chi connectivity index (χ0n) is 46.2. The van der Waals surface area contributed by atoms with Gasteiger partial charge in [-0.05, 0) is 80.4 Å². The van der Waals surface area contributed by atoms with Crippen molar-refractivity contribution in [2.24, 2.45) is 0 Å². The number of tetrazole rings is 1. The maximum absolute atomic E-state index is 15.2. The molecule has 0 aliphatic carbocycles. The molecule has 79 heavy (non-hydrogen) atoms. The van der Waals surface area contributed by atoms with Crippen LogP contribution in [0.1, 0.15) is 164 Å². The van der Waals surface area contributed by atoms with Crippen LogP contribution in [0, 0.1) is 10.1 Å². The quantitative estimate of drug-likeness (QED) is 0.00727. The highest BCUT2D eigenvalue weighted by Gasteiger charge is 2.36. The molecule has 6 rings (SSSR count). The van der Waals surface area contributed by atoms with Gasteiger partial charge in [-0.2, -0.15) is 4.68 Å². The van der Waals surface area contributed by atoms with Crippen LogP contribution in [0.5, 0.6) is 11.5 Å². The molecule has 0 bridgehead atoms. The van der Waals surface area contributed by atoms with Crippen LogP contribution >= 0.6 is 11.8 Å². The Labute approximate surface area is 466 Å². The molecule has 4 aromatic carbocycles. The lowest BCUT2D eigenvalue weighted by Gasteiger charge is -2.24. The molecule has 2 N–H and O–H groups in total. The molecule has 0 saturated heterocycles. The number of aromatic nitrogens is 6. The minimum absolute atomic E-state index is 0.0799. The first-order valence-corrected chi connectivity index (χ1v) is 28.6. The molecular weight excluding hydrogens is 1030 g/mol. The number of benzene rings is 4. The summed E-state index contributed by atoms with van der Waals surface area (Å²) in [5.41, 5.74) is 0.549. The summed E-state index contributed by atoms with van der Waals surface area (Å²) in [4.78, 5) is 87.1. The molecule has 0 saturated carbocycles. The predicted octanol–water partition coefficient (Wildman–Crippen LogP) is 13.0. The van der Waals surface area contributed by atoms with Crippen LogP contribution in [-0.4, -0.2) is 87.8 Å². The Morgan fingerprint density at radius 2 is 1.39 bits per heavy atom. The molecule has 422 valence electrons. The number of non-ortho nitro benzene ring substituents is 1. The lowest BCUT2D eigenvalue weighted by Crippen LogP contribution is -2.41. The van der Waals surface area contributed by atoms with E-state index in [-0.39, 0.29) is 76.8 Å². The van der Waals surface area contributed by atoms with Gasteiger partial charge >= 0.3 is 11.7 Å². The van der Waals surface area contributed by atoms with Crippen molar-refractivity contribution in [2.75, 3.05) is 18.5 Å². The van der Waals surface area contributed by atoms with Crippen molar-refractivity contribution in [1.82, 2.24) is 34.7 Å². The molecule has 0 fully saturated rings. The largest absolute Gasteiger partial charge is 0.489 e. The normalized spacial score (nSPS) is 11.6. The van der Waals surface area contributed by atoms with Crippen molar-refractivity contribution >= 4 is 46.0 Å². The lowest BCUT2D eigenvalue weighted by atomic mass is 10.0. The summed E-state index contributed by atoms with van der Waals surface area (Å²) in [5.74, 6) is -2.57. The highest BCUT2D eigenvalue weighted by Crippen LogP contribution is 2.33. The molecule has 6 aromatic rings. The fourth-order valence-corrected chi connectivity index (χ4v) is 9.74. The Morgan fingerprint density at radius 3 is 2.01 bits per heavy atom. The van der Waals surface area contributed by atoms with E-state index >= 15 is 4.79 Å². The van der Waals surface area contributed by atoms with Gasteiger partial charge in [-0.1, -0.05) is 152 Å². The van der Waals surface area contributed by atoms with E-state index in [1.807, 2.05) is 13.0 Å². The third-order valence-corrected chi connectivity index (χ3v) is 14.0. The van der Waals surface area contributed by atoms with Gasteiger partial charge in [-0.3, -0.25) is 29.1 Å². The standard InChI is InChI=1S/C59H75N9O10S/c1-6-9-11-12-13-14-15-16-17-18-19-20-21-28-38-76-56(71)44-33-35-48(50(40-44)77-42(4)5)60-55(70)54(53(69)51-52(43-29-24-22-25-30-43)66(37-10-7-2)57(72)61-51)78-49-36-34-47(68(74)75)39-45(49)41-65(8-3)59(73)79-58-62-63-64-67(58)46-31-26-23-27-32-46/h22-27,29-36,39-40,42,54H,6-21,28,37-38,41H2,1-5H3,(H,60,70)(H,61,72). The number of thioether (sulfide) groups is 1. The Kier molecular flexibility index (Phi) is 24.3. The van der Waals surface area contributed by atoms with Gasteiger partial charge in [0.05, 0.1) is 46.8 Å². The number of carbonyl (C=O) groups excluding carboxylic acids is 4. The van der Waals surface area contributed by atoms with Crippen LogP contribution in [0.2, 0.25) is 0 Å². The molecule has 20 heteroatoms. The molecule has 0 aliphatic heterocycles. The van der Waals surface area contributed by atoms with Crippen molar-refractivity contribution < 1.29 is 38.3 Å². The van der Waals surface area contributed by atoms with Gasteiger partial charge in [-0.25, -0.2) is 9.59 Å². The molecule has 0 radical (unpaired) electrons. The maximum Gasteiger partial charge on any atom is 0.338 e. The van der Waals surface area contributed by atoms with E-state index < -0.39 is 45.7 Å². The van der Waals surface area contributed by atoms with Gasteiger partial charge in [0.25, 0.3) is 16.8 Å². The Balaban J connectivity index is 1.24. The summed E-state index contributed by atoms with van der Waals surface area (Å²) in [6.07, 6.45) is 15.7. The van der Waals surface area contributed by atoms with E-state index in [0.717, 1.165) is 49.9 Å². The highest BCUT2D eigenvalue weighted by molar-refractivity contribution is 8.13. The number of hydrogen-bond donors (Lipinski definition) is 2. The number of hydrogen-bond acceptors (Lipinski definition) is 14. The molecular formula is C59H75N9O10S. The van der Waals surface area contributed by atoms with E-state index in [9.17, 15) is 29.3 Å². The number of aromatic amines is 1. The first kappa shape index (κ1) is 60.6. The van der Waals surface area contributed by atoms with Gasteiger partial charge in [0.1, 0.15) is 17.2 Å². The van der Waals surface area contributed by atoms with Crippen molar-refractivity contribution in [3.63, 3.8) is 0 Å². The van der Waals surface area contributed by atoms with Crippen LogP contribution in [0.3, 0.4) is 0 Å². The number of amides is 2.